The predicted octanol–water partition coefficient (Wildman–Crippen LogP) is 3.12. The number of hydrogen-bond acceptors (Lipinski definition) is 8. The van der Waals surface area contributed by atoms with Gasteiger partial charge in [0.25, 0.3) is 5.56 Å². The molecule has 1 aliphatic carbocycles. The lowest BCUT2D eigenvalue weighted by atomic mass is 9.89. The van der Waals surface area contributed by atoms with Crippen LogP contribution in [0.5, 0.6) is 0 Å². The smallest absolute Gasteiger partial charge is 0.259 e. The first-order chi connectivity index (χ1) is 16.0. The fraction of sp³-hybridized carbons (Fsp3) is 0.583. The number of thiophene rings is 1. The number of aromatic nitrogens is 2. The van der Waals surface area contributed by atoms with E-state index < -0.39 is 6.10 Å². The molecule has 2 N–H and O–H groups in total. The van der Waals surface area contributed by atoms with Crippen molar-refractivity contribution < 1.29 is 19.0 Å². The number of hydrogen-bond donors (Lipinski definition) is 2. The molecule has 0 bridgehead atoms. The number of aliphatic hydroxyl groups is 1. The molecule has 2 unspecified atom stereocenters. The number of aromatic amines is 1. The summed E-state index contributed by atoms with van der Waals surface area (Å²) < 4.78 is 16.0. The highest BCUT2D eigenvalue weighted by Gasteiger charge is 2.23. The van der Waals surface area contributed by atoms with E-state index in [1.54, 1.807) is 24.7 Å². The van der Waals surface area contributed by atoms with Crippen molar-refractivity contribution in [3.63, 3.8) is 0 Å². The molecule has 180 valence electrons. The fourth-order valence-electron chi connectivity index (χ4n) is 4.39. The van der Waals surface area contributed by atoms with Crippen LogP contribution in [0.4, 0.5) is 0 Å². The second-order valence-electron chi connectivity index (χ2n) is 8.87. The zero-order valence-electron chi connectivity index (χ0n) is 19.3. The molecule has 2 atom stereocenters. The Morgan fingerprint density at radius 1 is 1.45 bits per heavy atom. The molecule has 0 spiro atoms. The molecule has 3 heterocycles. The molecule has 0 radical (unpaired) electrons. The zero-order chi connectivity index (χ0) is 23.2. The minimum atomic E-state index is -0.673. The Bertz CT molecular complexity index is 1080. The molecule has 0 aromatic carbocycles. The highest BCUT2D eigenvalue weighted by atomic mass is 32.1. The highest BCUT2D eigenvalue weighted by molar-refractivity contribution is 7.18. The van der Waals surface area contributed by atoms with Gasteiger partial charge in [0.15, 0.2) is 0 Å². The Hall–Kier alpha value is -2.04. The van der Waals surface area contributed by atoms with E-state index in [-0.39, 0.29) is 12.2 Å². The van der Waals surface area contributed by atoms with Crippen LogP contribution in [0, 0.1) is 5.92 Å². The van der Waals surface area contributed by atoms with E-state index >= 15 is 0 Å². The van der Waals surface area contributed by atoms with E-state index in [4.69, 9.17) is 18.9 Å². The lowest BCUT2D eigenvalue weighted by molar-refractivity contribution is 0.00246. The number of methoxy groups -OCH3 is 1. The normalized spacial score (nSPS) is 17.0. The van der Waals surface area contributed by atoms with Gasteiger partial charge in [-0.05, 0) is 49.3 Å². The SMILES string of the molecule is COCCCN(Cc1nc2sc3c(c2c(=O)[nH]1)CCC(C)C3)CC(O)COCc1ccco1. The maximum Gasteiger partial charge on any atom is 0.259 e. The number of ether oxygens (including phenoxy) is 2. The molecule has 9 heteroatoms. The van der Waals surface area contributed by atoms with Gasteiger partial charge in [0.05, 0.1) is 30.9 Å². The number of aryl methyl sites for hydroxylation is 1. The molecule has 0 fully saturated rings. The van der Waals surface area contributed by atoms with Crippen LogP contribution in [-0.2, 0) is 35.5 Å². The number of H-pyrrole nitrogens is 1. The first-order valence-electron chi connectivity index (χ1n) is 11.6. The van der Waals surface area contributed by atoms with Crippen molar-refractivity contribution >= 4 is 21.6 Å². The van der Waals surface area contributed by atoms with Gasteiger partial charge in [-0.2, -0.15) is 0 Å². The van der Waals surface area contributed by atoms with Crippen LogP contribution in [-0.4, -0.2) is 59.5 Å². The molecule has 33 heavy (non-hydrogen) atoms. The molecule has 8 nitrogen and oxygen atoms in total. The molecule has 1 aliphatic rings. The topological polar surface area (TPSA) is 101 Å². The van der Waals surface area contributed by atoms with Crippen LogP contribution in [0.3, 0.4) is 0 Å². The van der Waals surface area contributed by atoms with Crippen molar-refractivity contribution in [2.75, 3.05) is 33.4 Å². The van der Waals surface area contributed by atoms with Crippen LogP contribution >= 0.6 is 11.3 Å². The first kappa shape index (κ1) is 24.1. The maximum absolute atomic E-state index is 12.9. The summed E-state index contributed by atoms with van der Waals surface area (Å²) in [5, 5.41) is 11.3. The average molecular weight is 476 g/mol. The predicted molar refractivity (Wildman–Crippen MR) is 128 cm³/mol. The van der Waals surface area contributed by atoms with Crippen LogP contribution in [0.25, 0.3) is 10.2 Å². The van der Waals surface area contributed by atoms with Crippen LogP contribution in [0.2, 0.25) is 0 Å². The molecule has 3 aromatic heterocycles. The average Bonchev–Trinajstić information content (AvgIpc) is 3.41. The Labute approximate surface area is 197 Å². The summed E-state index contributed by atoms with van der Waals surface area (Å²) in [4.78, 5) is 24.9. The lowest BCUT2D eigenvalue weighted by Gasteiger charge is -2.24. The maximum atomic E-state index is 12.9. The van der Waals surface area contributed by atoms with E-state index in [2.05, 4.69) is 16.8 Å². The minimum Gasteiger partial charge on any atom is -0.467 e. The summed E-state index contributed by atoms with van der Waals surface area (Å²) in [6, 6.07) is 3.65. The monoisotopic (exact) mass is 475 g/mol. The van der Waals surface area contributed by atoms with E-state index in [1.165, 1.54) is 10.4 Å². The summed E-state index contributed by atoms with van der Waals surface area (Å²) >= 11 is 1.66. The third-order valence-corrected chi connectivity index (χ3v) is 7.16. The van der Waals surface area contributed by atoms with E-state index in [9.17, 15) is 9.90 Å². The summed E-state index contributed by atoms with van der Waals surface area (Å²) in [7, 11) is 1.67. The molecule has 0 saturated carbocycles. The van der Waals surface area contributed by atoms with Crippen molar-refractivity contribution in [1.82, 2.24) is 14.9 Å². The number of rotatable bonds is 12. The number of nitrogens with one attached hydrogen (secondary N) is 1. The van der Waals surface area contributed by atoms with Crippen molar-refractivity contribution in [3.8, 4) is 0 Å². The molecular formula is C24H33N3O5S. The number of aliphatic hydroxyl groups excluding tert-OH is 1. The van der Waals surface area contributed by atoms with Gasteiger partial charge in [-0.1, -0.05) is 6.92 Å². The van der Waals surface area contributed by atoms with Gasteiger partial charge in [0.2, 0.25) is 0 Å². The van der Waals surface area contributed by atoms with Gasteiger partial charge in [0.1, 0.15) is 23.0 Å². The number of furan rings is 1. The van der Waals surface area contributed by atoms with Crippen LogP contribution in [0.1, 0.15) is 41.8 Å². The largest absolute Gasteiger partial charge is 0.467 e. The molecule has 4 rings (SSSR count). The Balaban J connectivity index is 1.43. The van der Waals surface area contributed by atoms with Gasteiger partial charge in [-0.25, -0.2) is 4.98 Å². The Morgan fingerprint density at radius 3 is 3.12 bits per heavy atom. The minimum absolute atomic E-state index is 0.0544. The van der Waals surface area contributed by atoms with Gasteiger partial charge < -0.3 is 24.0 Å². The Kier molecular flexibility index (Phi) is 8.32. The zero-order valence-corrected chi connectivity index (χ0v) is 20.2. The highest BCUT2D eigenvalue weighted by Crippen LogP contribution is 2.35. The van der Waals surface area contributed by atoms with Gasteiger partial charge in [-0.15, -0.1) is 11.3 Å². The first-order valence-corrected chi connectivity index (χ1v) is 12.4. The molecule has 0 aliphatic heterocycles. The molecule has 0 saturated heterocycles. The summed E-state index contributed by atoms with van der Waals surface area (Å²) in [5.74, 6) is 2.00. The van der Waals surface area contributed by atoms with Gasteiger partial charge in [0, 0.05) is 31.7 Å². The summed E-state index contributed by atoms with van der Waals surface area (Å²) in [5.41, 5.74) is 1.13. The number of nitrogens with zero attached hydrogens (tertiary/aromatic N) is 2. The van der Waals surface area contributed by atoms with Crippen molar-refractivity contribution in [3.05, 3.63) is 50.8 Å². The van der Waals surface area contributed by atoms with Crippen LogP contribution < -0.4 is 5.56 Å². The summed E-state index contributed by atoms with van der Waals surface area (Å²) in [6.07, 6.45) is 4.84. The lowest BCUT2D eigenvalue weighted by Crippen LogP contribution is -2.36. The number of fused-ring (bicyclic) bond motifs is 3. The van der Waals surface area contributed by atoms with E-state index in [1.807, 2.05) is 12.1 Å². The third kappa shape index (κ3) is 6.30. The third-order valence-electron chi connectivity index (χ3n) is 6.01. The van der Waals surface area contributed by atoms with Gasteiger partial charge >= 0.3 is 0 Å². The second-order valence-corrected chi connectivity index (χ2v) is 9.96. The van der Waals surface area contributed by atoms with Crippen molar-refractivity contribution in [2.45, 2.75) is 51.9 Å². The standard InChI is InChI=1S/C24H33N3O5S/c1-16-6-7-19-20(11-16)33-24-22(19)23(29)25-21(26-24)13-27(8-4-9-30-2)12-17(28)14-31-15-18-5-3-10-32-18/h3,5,10,16-17,28H,4,6-9,11-15H2,1-2H3,(H,25,26,29). The molecule has 0 amide bonds. The van der Waals surface area contributed by atoms with E-state index in [0.29, 0.717) is 44.6 Å². The summed E-state index contributed by atoms with van der Waals surface area (Å²) in [6.45, 7) is 4.97. The molecule has 3 aromatic rings. The van der Waals surface area contributed by atoms with Crippen molar-refractivity contribution in [1.29, 1.82) is 0 Å². The fourth-order valence-corrected chi connectivity index (χ4v) is 5.79. The van der Waals surface area contributed by atoms with Gasteiger partial charge in [-0.3, -0.25) is 9.69 Å². The van der Waals surface area contributed by atoms with Crippen molar-refractivity contribution in [2.24, 2.45) is 5.92 Å². The second kappa shape index (κ2) is 11.4. The van der Waals surface area contributed by atoms with Crippen LogP contribution in [0.15, 0.2) is 27.6 Å². The molecular weight excluding hydrogens is 442 g/mol. The van der Waals surface area contributed by atoms with E-state index in [0.717, 1.165) is 41.7 Å². The quantitative estimate of drug-likeness (QED) is 0.388. The Morgan fingerprint density at radius 2 is 2.33 bits per heavy atom.